The Morgan fingerprint density at radius 2 is 2.05 bits per heavy atom. The normalized spacial score (nSPS) is 11.5. The summed E-state index contributed by atoms with van der Waals surface area (Å²) in [6.45, 7) is 1.79. The monoisotopic (exact) mass is 328 g/mol. The number of para-hydroxylation sites is 1. The van der Waals surface area contributed by atoms with Crippen molar-refractivity contribution in [2.24, 2.45) is 0 Å². The van der Waals surface area contributed by atoms with Crippen LogP contribution in [0.4, 0.5) is 5.69 Å². The molecule has 0 amide bonds. The molecule has 2 aromatic rings. The predicted octanol–water partition coefficient (Wildman–Crippen LogP) is 2.54. The molecule has 0 aliphatic heterocycles. The molecule has 0 atom stereocenters. The summed E-state index contributed by atoms with van der Waals surface area (Å²) >= 11 is 5.56. The van der Waals surface area contributed by atoms with Crippen LogP contribution in [0.25, 0.3) is 11.4 Å². The maximum atomic E-state index is 12.1. The third-order valence-electron chi connectivity index (χ3n) is 2.83. The number of hydrogen-bond acceptors (Lipinski definition) is 4. The topological polar surface area (TPSA) is 87.7 Å². The standard InChI is InChI=1S/C13H17ClN4O2S/c1-10-15-13(17-16-10)11-6-2-3-7-12(11)18-21(19,20)9-5-4-8-14/h2-3,6-7,18H,4-5,8-9H2,1H3,(H,15,16,17). The van der Waals surface area contributed by atoms with E-state index in [9.17, 15) is 8.42 Å². The number of rotatable bonds is 7. The van der Waals surface area contributed by atoms with Gasteiger partial charge in [0.25, 0.3) is 0 Å². The third kappa shape index (κ3) is 4.44. The SMILES string of the molecule is Cc1nc(-c2ccccc2NS(=O)(=O)CCCCCl)n[nH]1. The minimum absolute atomic E-state index is 0.0427. The maximum absolute atomic E-state index is 12.1. The largest absolute Gasteiger partial charge is 0.283 e. The molecule has 0 radical (unpaired) electrons. The number of nitrogens with zero attached hydrogens (tertiary/aromatic N) is 2. The average molecular weight is 329 g/mol. The summed E-state index contributed by atoms with van der Waals surface area (Å²) in [4.78, 5) is 4.23. The van der Waals surface area contributed by atoms with Crippen LogP contribution in [0, 0.1) is 6.92 Å². The van der Waals surface area contributed by atoms with E-state index in [0.717, 1.165) is 0 Å². The number of H-pyrrole nitrogens is 1. The highest BCUT2D eigenvalue weighted by molar-refractivity contribution is 7.92. The number of benzene rings is 1. The summed E-state index contributed by atoms with van der Waals surface area (Å²) in [5.41, 5.74) is 1.12. The summed E-state index contributed by atoms with van der Waals surface area (Å²) in [6.07, 6.45) is 1.20. The molecule has 114 valence electrons. The van der Waals surface area contributed by atoms with Crippen LogP contribution in [-0.4, -0.2) is 35.2 Å². The third-order valence-corrected chi connectivity index (χ3v) is 4.45. The second-order valence-electron chi connectivity index (χ2n) is 4.61. The Labute approximate surface area is 129 Å². The molecule has 0 bridgehead atoms. The van der Waals surface area contributed by atoms with Gasteiger partial charge in [0.2, 0.25) is 10.0 Å². The Morgan fingerprint density at radius 3 is 2.71 bits per heavy atom. The molecule has 21 heavy (non-hydrogen) atoms. The van der Waals surface area contributed by atoms with Gasteiger partial charge >= 0.3 is 0 Å². The first-order valence-electron chi connectivity index (χ1n) is 6.57. The van der Waals surface area contributed by atoms with Crippen LogP contribution < -0.4 is 4.72 Å². The molecule has 0 fully saturated rings. The molecular formula is C13H17ClN4O2S. The lowest BCUT2D eigenvalue weighted by molar-refractivity contribution is 0.598. The van der Waals surface area contributed by atoms with Crippen molar-refractivity contribution in [1.29, 1.82) is 0 Å². The van der Waals surface area contributed by atoms with E-state index in [1.54, 1.807) is 25.1 Å². The van der Waals surface area contributed by atoms with Gasteiger partial charge in [-0.25, -0.2) is 13.4 Å². The zero-order valence-electron chi connectivity index (χ0n) is 11.6. The second-order valence-corrected chi connectivity index (χ2v) is 6.83. The zero-order valence-corrected chi connectivity index (χ0v) is 13.2. The van der Waals surface area contributed by atoms with E-state index in [0.29, 0.717) is 41.6 Å². The molecule has 0 saturated carbocycles. The van der Waals surface area contributed by atoms with Gasteiger partial charge in [-0.05, 0) is 31.9 Å². The van der Waals surface area contributed by atoms with Crippen molar-refractivity contribution in [1.82, 2.24) is 15.2 Å². The van der Waals surface area contributed by atoms with E-state index in [2.05, 4.69) is 19.9 Å². The van der Waals surface area contributed by atoms with Gasteiger partial charge < -0.3 is 0 Å². The minimum Gasteiger partial charge on any atom is -0.283 e. The van der Waals surface area contributed by atoms with E-state index < -0.39 is 10.0 Å². The number of nitrogens with one attached hydrogen (secondary N) is 2. The molecule has 8 heteroatoms. The number of alkyl halides is 1. The first-order chi connectivity index (χ1) is 10.0. The van der Waals surface area contributed by atoms with E-state index in [1.807, 2.05) is 6.07 Å². The van der Waals surface area contributed by atoms with Crippen LogP contribution in [0.1, 0.15) is 18.7 Å². The highest BCUT2D eigenvalue weighted by Gasteiger charge is 2.15. The first kappa shape index (κ1) is 15.8. The second kappa shape index (κ2) is 6.91. The maximum Gasteiger partial charge on any atom is 0.232 e. The van der Waals surface area contributed by atoms with Gasteiger partial charge in [-0.15, -0.1) is 11.6 Å². The van der Waals surface area contributed by atoms with Gasteiger partial charge in [-0.2, -0.15) is 5.10 Å². The number of hydrogen-bond donors (Lipinski definition) is 2. The summed E-state index contributed by atoms with van der Waals surface area (Å²) in [7, 11) is -3.40. The Balaban J connectivity index is 2.21. The van der Waals surface area contributed by atoms with Crippen molar-refractivity contribution in [3.05, 3.63) is 30.1 Å². The number of aromatic amines is 1. The van der Waals surface area contributed by atoms with E-state index in [4.69, 9.17) is 11.6 Å². The Bertz CT molecular complexity index is 700. The minimum atomic E-state index is -3.40. The lowest BCUT2D eigenvalue weighted by Crippen LogP contribution is -2.17. The molecule has 1 heterocycles. The summed E-state index contributed by atoms with van der Waals surface area (Å²) in [5, 5.41) is 6.81. The highest BCUT2D eigenvalue weighted by Crippen LogP contribution is 2.25. The van der Waals surface area contributed by atoms with E-state index in [-0.39, 0.29) is 5.75 Å². The first-order valence-corrected chi connectivity index (χ1v) is 8.75. The van der Waals surface area contributed by atoms with Gasteiger partial charge in [-0.1, -0.05) is 12.1 Å². The average Bonchev–Trinajstić information content (AvgIpc) is 2.85. The fourth-order valence-corrected chi connectivity index (χ4v) is 3.22. The highest BCUT2D eigenvalue weighted by atomic mass is 35.5. The van der Waals surface area contributed by atoms with E-state index in [1.165, 1.54) is 0 Å². The summed E-state index contributed by atoms with van der Waals surface area (Å²) < 4.78 is 26.7. The van der Waals surface area contributed by atoms with Crippen LogP contribution in [-0.2, 0) is 10.0 Å². The van der Waals surface area contributed by atoms with E-state index >= 15 is 0 Å². The molecule has 2 N–H and O–H groups in total. The fraction of sp³-hybridized carbons (Fsp3) is 0.385. The van der Waals surface area contributed by atoms with Crippen molar-refractivity contribution < 1.29 is 8.42 Å². The van der Waals surface area contributed by atoms with Crippen molar-refractivity contribution >= 4 is 27.3 Å². The molecule has 6 nitrogen and oxygen atoms in total. The molecule has 0 unspecified atom stereocenters. The van der Waals surface area contributed by atoms with Gasteiger partial charge in [0.15, 0.2) is 5.82 Å². The number of aryl methyl sites for hydroxylation is 1. The molecule has 0 aliphatic rings. The van der Waals surface area contributed by atoms with Crippen LogP contribution >= 0.6 is 11.6 Å². The molecule has 0 aliphatic carbocycles. The van der Waals surface area contributed by atoms with Crippen molar-refractivity contribution in [2.45, 2.75) is 19.8 Å². The molecule has 2 rings (SSSR count). The predicted molar refractivity (Wildman–Crippen MR) is 83.9 cm³/mol. The molecule has 1 aromatic heterocycles. The van der Waals surface area contributed by atoms with Crippen LogP contribution in [0.5, 0.6) is 0 Å². The van der Waals surface area contributed by atoms with Crippen LogP contribution in [0.3, 0.4) is 0 Å². The van der Waals surface area contributed by atoms with Gasteiger partial charge in [-0.3, -0.25) is 9.82 Å². The van der Waals surface area contributed by atoms with Crippen molar-refractivity contribution in [3.8, 4) is 11.4 Å². The summed E-state index contributed by atoms with van der Waals surface area (Å²) in [6, 6.07) is 7.05. The zero-order chi connectivity index (χ0) is 15.3. The quantitative estimate of drug-likeness (QED) is 0.604. The Hall–Kier alpha value is -1.60. The lowest BCUT2D eigenvalue weighted by Gasteiger charge is -2.10. The fourth-order valence-electron chi connectivity index (χ4n) is 1.84. The summed E-state index contributed by atoms with van der Waals surface area (Å²) in [5.74, 6) is 1.64. The van der Waals surface area contributed by atoms with Gasteiger partial charge in [0, 0.05) is 11.4 Å². The Morgan fingerprint density at radius 1 is 1.29 bits per heavy atom. The molecule has 1 aromatic carbocycles. The number of halogens is 1. The number of unbranched alkanes of at least 4 members (excludes halogenated alkanes) is 1. The molecular weight excluding hydrogens is 312 g/mol. The smallest absolute Gasteiger partial charge is 0.232 e. The number of sulfonamides is 1. The number of anilines is 1. The lowest BCUT2D eigenvalue weighted by atomic mass is 10.2. The molecule has 0 saturated heterocycles. The van der Waals surface area contributed by atoms with Crippen molar-refractivity contribution in [3.63, 3.8) is 0 Å². The van der Waals surface area contributed by atoms with Gasteiger partial charge in [0.1, 0.15) is 5.82 Å². The van der Waals surface area contributed by atoms with Crippen LogP contribution in [0.15, 0.2) is 24.3 Å². The number of aromatic nitrogens is 3. The van der Waals surface area contributed by atoms with Crippen LogP contribution in [0.2, 0.25) is 0 Å². The van der Waals surface area contributed by atoms with Gasteiger partial charge in [0.05, 0.1) is 11.4 Å². The Kier molecular flexibility index (Phi) is 5.19. The molecule has 0 spiro atoms. The van der Waals surface area contributed by atoms with Crippen molar-refractivity contribution in [2.75, 3.05) is 16.4 Å².